The average Bonchev–Trinajstić information content (AvgIpc) is 4.16. The second-order valence-corrected chi connectivity index (χ2v) is 27.5. The van der Waals surface area contributed by atoms with E-state index in [1.807, 2.05) is 74.1 Å². The first-order valence-corrected chi connectivity index (χ1v) is 27.9. The summed E-state index contributed by atoms with van der Waals surface area (Å²) in [4.78, 5) is 12.1. The molecule has 0 radical (unpaired) electrons. The topological polar surface area (TPSA) is 161 Å². The summed E-state index contributed by atoms with van der Waals surface area (Å²) in [6.45, 7) is 15.0. The van der Waals surface area contributed by atoms with Crippen LogP contribution in [0.15, 0.2) is 81.5 Å². The summed E-state index contributed by atoms with van der Waals surface area (Å²) < 4.78 is 65.6. The van der Waals surface area contributed by atoms with Crippen LogP contribution < -0.4 is 0 Å². The summed E-state index contributed by atoms with van der Waals surface area (Å²) in [6.07, 6.45) is 5.18. The number of hydrogen-bond acceptors (Lipinski definition) is 16. The van der Waals surface area contributed by atoms with E-state index in [-0.39, 0.29) is 76.0 Å². The first-order chi connectivity index (χ1) is 31.2. The third-order valence-electron chi connectivity index (χ3n) is 12.3. The number of aliphatic hydroxyl groups is 1. The maximum absolute atomic E-state index is 12.7. The number of nitrogens with zero attached hydrogens (tertiary/aromatic N) is 2. The van der Waals surface area contributed by atoms with Crippen LogP contribution in [0.25, 0.3) is 30.6 Å². The number of sulfone groups is 1. The van der Waals surface area contributed by atoms with Crippen molar-refractivity contribution in [1.29, 1.82) is 0 Å². The fourth-order valence-electron chi connectivity index (χ4n) is 9.92. The lowest BCUT2D eigenvalue weighted by Gasteiger charge is -2.39. The number of rotatable bonds is 7. The van der Waals surface area contributed by atoms with Gasteiger partial charge in [-0.05, 0) is 90.2 Å². The van der Waals surface area contributed by atoms with Crippen LogP contribution in [-0.4, -0.2) is 118 Å². The van der Waals surface area contributed by atoms with Gasteiger partial charge in [-0.15, -0.1) is 34.0 Å². The van der Waals surface area contributed by atoms with Gasteiger partial charge in [0.05, 0.1) is 115 Å². The first-order valence-electron chi connectivity index (χ1n) is 22.4. The van der Waals surface area contributed by atoms with E-state index in [2.05, 4.69) is 66.9 Å². The number of nitrogens with one attached hydrogen (secondary N) is 1. The fraction of sp³-hybridized carbons (Fsp3) is 0.571. The van der Waals surface area contributed by atoms with Crippen molar-refractivity contribution in [2.75, 3.05) is 37.9 Å². The Morgan fingerprint density at radius 2 is 1.13 bits per heavy atom. The van der Waals surface area contributed by atoms with Crippen molar-refractivity contribution in [2.45, 2.75) is 148 Å². The molecule has 2 N–H and O–H groups in total. The lowest BCUT2D eigenvalue weighted by atomic mass is 9.86. The molecule has 67 heavy (non-hydrogen) atoms. The smallest absolute Gasteiger partial charge is 0.210 e. The molecule has 6 saturated heterocycles. The van der Waals surface area contributed by atoms with Gasteiger partial charge in [0.1, 0.15) is 0 Å². The van der Waals surface area contributed by atoms with Crippen molar-refractivity contribution in [3.05, 3.63) is 76.8 Å². The van der Waals surface area contributed by atoms with E-state index in [9.17, 15) is 8.42 Å². The minimum Gasteiger partial charge on any atom is -0.394 e. The van der Waals surface area contributed by atoms with E-state index in [0.29, 0.717) is 13.0 Å². The number of epoxide rings is 3. The molecule has 0 aliphatic carbocycles. The highest BCUT2D eigenvalue weighted by Gasteiger charge is 2.56. The molecule has 6 atom stereocenters. The van der Waals surface area contributed by atoms with Gasteiger partial charge in [0.15, 0.2) is 8.29 Å². The SMILES string of the molecule is C.CC1(C)CC2(CO2)CC(CO)O1.CC1(C)CC2(CO2)CC(CS(=O)(=O)c2nc3ccccc3s2)O1.CC1(C)CC2(CO2)CC(CSc2nc3ccccc3s2)O1.S=c1[nH]c2ccccc2s1. The van der Waals surface area contributed by atoms with E-state index in [1.54, 1.807) is 22.7 Å². The highest BCUT2D eigenvalue weighted by molar-refractivity contribution is 8.01. The predicted molar refractivity (Wildman–Crippen MR) is 273 cm³/mol. The molecule has 12 nitrogen and oxygen atoms in total. The number of hydrogen-bond donors (Lipinski definition) is 2. The highest BCUT2D eigenvalue weighted by atomic mass is 32.2. The number of H-pyrrole nitrogens is 1. The molecule has 0 amide bonds. The Labute approximate surface area is 415 Å². The van der Waals surface area contributed by atoms with Gasteiger partial charge >= 0.3 is 0 Å². The molecule has 6 fully saturated rings. The summed E-state index contributed by atoms with van der Waals surface area (Å²) in [5, 5.41) is 9.00. The third kappa shape index (κ3) is 13.1. The summed E-state index contributed by atoms with van der Waals surface area (Å²) in [5.74, 6) is 0.912. The van der Waals surface area contributed by atoms with E-state index in [4.69, 9.17) is 45.7 Å². The van der Waals surface area contributed by atoms with Crippen LogP contribution in [0.2, 0.25) is 0 Å². The number of aromatic amines is 1. The van der Waals surface area contributed by atoms with Gasteiger partial charge in [-0.1, -0.05) is 55.6 Å². The Bertz CT molecular complexity index is 2700. The molecule has 3 aromatic heterocycles. The van der Waals surface area contributed by atoms with Crippen LogP contribution in [0.5, 0.6) is 0 Å². The Morgan fingerprint density at radius 1 is 0.672 bits per heavy atom. The van der Waals surface area contributed by atoms with Crippen molar-refractivity contribution < 1.29 is 41.9 Å². The lowest BCUT2D eigenvalue weighted by molar-refractivity contribution is -0.144. The Hall–Kier alpha value is -2.43. The zero-order valence-electron chi connectivity index (χ0n) is 38.2. The predicted octanol–water partition coefficient (Wildman–Crippen LogP) is 11.2. The normalized spacial score (nSPS) is 29.5. The standard InChI is InChI=1S/C16H19NO4S2.C16H19NO2S2.C9H16O3.C7H5NS2.CH4/c1-15(2)9-16(10-20-16)7-11(21-15)8-23(18,19)14-17-12-5-3-4-6-13(12)22-14;1-15(2)9-16(10-18-16)7-11(19-15)8-20-14-17-12-5-3-4-6-13(12)21-14;1-8(2)5-9(6-11-9)3-7(4-10)12-8;9-7-8-5-3-1-2-4-6(5)10-7;/h3-6,11H,7-10H2,1-2H3;3-6,11H,7-10H2,1-2H3;7,10H,3-6H2,1-2H3;1-4H,(H,8,9);1H4. The fourth-order valence-corrected chi connectivity index (χ4v) is 15.9. The molecule has 12 rings (SSSR count). The molecule has 6 unspecified atom stereocenters. The molecule has 18 heteroatoms. The van der Waals surface area contributed by atoms with Crippen molar-refractivity contribution in [1.82, 2.24) is 15.0 Å². The van der Waals surface area contributed by atoms with Crippen molar-refractivity contribution in [3.63, 3.8) is 0 Å². The summed E-state index contributed by atoms with van der Waals surface area (Å²) >= 11 is 11.4. The molecular weight excluding hydrogens is 967 g/mol. The van der Waals surface area contributed by atoms with Gasteiger partial charge in [0.25, 0.3) is 0 Å². The summed E-state index contributed by atoms with van der Waals surface area (Å²) in [7, 11) is -3.47. The number of aromatic nitrogens is 3. The maximum Gasteiger partial charge on any atom is 0.210 e. The molecule has 3 aromatic carbocycles. The average molecular weight is 1030 g/mol. The molecular formula is C49H63N3O9S6. The molecule has 6 aliphatic heterocycles. The van der Waals surface area contributed by atoms with Crippen molar-refractivity contribution in [2.24, 2.45) is 0 Å². The third-order valence-corrected chi connectivity index (χ3v) is 19.1. The number of ether oxygens (including phenoxy) is 6. The Morgan fingerprint density at radius 3 is 1.66 bits per heavy atom. The second-order valence-electron chi connectivity index (χ2n) is 20.2. The maximum atomic E-state index is 12.7. The van der Waals surface area contributed by atoms with Crippen LogP contribution in [-0.2, 0) is 38.3 Å². The van der Waals surface area contributed by atoms with Crippen LogP contribution in [0.3, 0.4) is 0 Å². The molecule has 364 valence electrons. The van der Waals surface area contributed by atoms with Crippen molar-refractivity contribution in [3.8, 4) is 0 Å². The molecule has 6 aromatic rings. The highest BCUT2D eigenvalue weighted by Crippen LogP contribution is 2.49. The van der Waals surface area contributed by atoms with Gasteiger partial charge in [-0.25, -0.2) is 18.4 Å². The molecule has 6 aliphatic rings. The van der Waals surface area contributed by atoms with E-state index >= 15 is 0 Å². The second kappa shape index (κ2) is 19.6. The van der Waals surface area contributed by atoms with Crippen LogP contribution in [0.4, 0.5) is 0 Å². The van der Waals surface area contributed by atoms with Gasteiger partial charge in [0.2, 0.25) is 14.2 Å². The molecule has 3 spiro atoms. The molecule has 9 heterocycles. The van der Waals surface area contributed by atoms with Crippen LogP contribution in [0.1, 0.15) is 87.5 Å². The van der Waals surface area contributed by atoms with Gasteiger partial charge in [-0.3, -0.25) is 0 Å². The Kier molecular flexibility index (Phi) is 14.9. The number of fused-ring (bicyclic) bond motifs is 3. The van der Waals surface area contributed by atoms with Gasteiger partial charge in [-0.2, -0.15) is 0 Å². The monoisotopic (exact) mass is 1030 g/mol. The minimum absolute atomic E-state index is 0. The zero-order valence-corrected chi connectivity index (χ0v) is 43.1. The van der Waals surface area contributed by atoms with Crippen LogP contribution >= 0.6 is 58.0 Å². The number of aliphatic hydroxyl groups excluding tert-OH is 1. The Balaban J connectivity index is 0.000000127. The zero-order chi connectivity index (χ0) is 46.6. The quantitative estimate of drug-likeness (QED) is 0.0884. The number of benzene rings is 3. The largest absolute Gasteiger partial charge is 0.394 e. The van der Waals surface area contributed by atoms with E-state index in [1.165, 1.54) is 20.7 Å². The first kappa shape index (κ1) is 50.9. The van der Waals surface area contributed by atoms with E-state index < -0.39 is 9.84 Å². The molecule has 0 saturated carbocycles. The number of thiazole rings is 3. The summed E-state index contributed by atoms with van der Waals surface area (Å²) in [6, 6.07) is 23.9. The lowest BCUT2D eigenvalue weighted by Crippen LogP contribution is -2.46. The van der Waals surface area contributed by atoms with Gasteiger partial charge in [0, 0.05) is 44.3 Å². The van der Waals surface area contributed by atoms with Crippen LogP contribution in [0, 0.1) is 3.95 Å². The van der Waals surface area contributed by atoms with E-state index in [0.717, 1.165) is 80.6 Å². The summed E-state index contributed by atoms with van der Waals surface area (Å²) in [5.41, 5.74) is 2.38. The number of thioether (sulfide) groups is 1. The molecule has 0 bridgehead atoms. The van der Waals surface area contributed by atoms with Crippen molar-refractivity contribution >= 4 is 98.5 Å². The minimum atomic E-state index is -3.47. The van der Waals surface area contributed by atoms with Gasteiger partial charge < -0.3 is 38.5 Å². The number of para-hydroxylation sites is 3.